The lowest BCUT2D eigenvalue weighted by Crippen LogP contribution is -2.38. The summed E-state index contributed by atoms with van der Waals surface area (Å²) in [5.74, 6) is 0.0451. The normalized spacial score (nSPS) is 11.5. The van der Waals surface area contributed by atoms with Crippen LogP contribution >= 0.6 is 23.2 Å². The van der Waals surface area contributed by atoms with Gasteiger partial charge in [-0.2, -0.15) is 4.31 Å². The van der Waals surface area contributed by atoms with Crippen LogP contribution in [0.4, 0.5) is 5.69 Å². The number of rotatable bonds is 7. The molecule has 2 aromatic carbocycles. The fraction of sp³-hybridized carbons (Fsp3) is 0.278. The Labute approximate surface area is 169 Å². The van der Waals surface area contributed by atoms with Crippen LogP contribution in [0.25, 0.3) is 0 Å². The third-order valence-electron chi connectivity index (χ3n) is 3.90. The number of benzene rings is 2. The van der Waals surface area contributed by atoms with Crippen LogP contribution in [0.15, 0.2) is 41.3 Å². The van der Waals surface area contributed by atoms with E-state index in [1.165, 1.54) is 19.2 Å². The number of ether oxygens (including phenoxy) is 1. The van der Waals surface area contributed by atoms with Gasteiger partial charge in [-0.05, 0) is 42.8 Å². The second-order valence-corrected chi connectivity index (χ2v) is 8.46. The number of nitrogens with zero attached hydrogens (tertiary/aromatic N) is 1. The van der Waals surface area contributed by atoms with Crippen molar-refractivity contribution in [2.75, 3.05) is 25.5 Å². The second-order valence-electron chi connectivity index (χ2n) is 5.71. The summed E-state index contributed by atoms with van der Waals surface area (Å²) in [6.45, 7) is 3.16. The van der Waals surface area contributed by atoms with Crippen molar-refractivity contribution in [3.05, 3.63) is 52.0 Å². The number of aryl methyl sites for hydroxylation is 1. The van der Waals surface area contributed by atoms with Crippen molar-refractivity contribution in [1.29, 1.82) is 0 Å². The number of nitrogens with one attached hydrogen (secondary N) is 1. The van der Waals surface area contributed by atoms with Crippen LogP contribution in [0.3, 0.4) is 0 Å². The van der Waals surface area contributed by atoms with Crippen LogP contribution < -0.4 is 10.1 Å². The van der Waals surface area contributed by atoms with E-state index in [2.05, 4.69) is 5.32 Å². The molecule has 146 valence electrons. The number of amides is 1. The van der Waals surface area contributed by atoms with Crippen molar-refractivity contribution >= 4 is 44.8 Å². The summed E-state index contributed by atoms with van der Waals surface area (Å²) < 4.78 is 32.0. The Balaban J connectivity index is 2.22. The fourth-order valence-electron chi connectivity index (χ4n) is 2.48. The molecule has 0 radical (unpaired) electrons. The number of carbonyl (C=O) groups is 1. The van der Waals surface area contributed by atoms with Crippen LogP contribution in [-0.4, -0.2) is 38.8 Å². The Bertz CT molecular complexity index is 928. The zero-order valence-electron chi connectivity index (χ0n) is 15.1. The maximum atomic E-state index is 12.9. The quantitative estimate of drug-likeness (QED) is 0.720. The molecule has 0 aliphatic rings. The maximum Gasteiger partial charge on any atom is 0.243 e. The van der Waals surface area contributed by atoms with E-state index in [9.17, 15) is 13.2 Å². The molecule has 0 spiro atoms. The number of anilines is 1. The molecule has 0 heterocycles. The Morgan fingerprint density at radius 3 is 2.33 bits per heavy atom. The lowest BCUT2D eigenvalue weighted by Gasteiger charge is -2.21. The van der Waals surface area contributed by atoms with Gasteiger partial charge >= 0.3 is 0 Å². The predicted octanol–water partition coefficient (Wildman–Crippen LogP) is 3.96. The van der Waals surface area contributed by atoms with Gasteiger partial charge in [-0.25, -0.2) is 8.42 Å². The molecule has 1 N–H and O–H groups in total. The first-order chi connectivity index (χ1) is 12.7. The first-order valence-corrected chi connectivity index (χ1v) is 10.3. The molecule has 9 heteroatoms. The van der Waals surface area contributed by atoms with Gasteiger partial charge in [0.05, 0.1) is 34.3 Å². The lowest BCUT2D eigenvalue weighted by molar-refractivity contribution is -0.116. The first-order valence-electron chi connectivity index (χ1n) is 8.09. The van der Waals surface area contributed by atoms with Gasteiger partial charge in [0.2, 0.25) is 15.9 Å². The van der Waals surface area contributed by atoms with Gasteiger partial charge in [-0.3, -0.25) is 4.79 Å². The van der Waals surface area contributed by atoms with E-state index in [1.807, 2.05) is 0 Å². The number of halogens is 2. The van der Waals surface area contributed by atoms with Crippen LogP contribution in [0, 0.1) is 6.92 Å². The highest BCUT2D eigenvalue weighted by molar-refractivity contribution is 7.89. The summed E-state index contributed by atoms with van der Waals surface area (Å²) in [5.41, 5.74) is 0.932. The zero-order valence-corrected chi connectivity index (χ0v) is 17.5. The monoisotopic (exact) mass is 430 g/mol. The van der Waals surface area contributed by atoms with Gasteiger partial charge in [0.15, 0.2) is 0 Å². The average Bonchev–Trinajstić information content (AvgIpc) is 2.62. The number of para-hydroxylation sites is 1. The van der Waals surface area contributed by atoms with E-state index in [0.29, 0.717) is 11.3 Å². The second kappa shape index (κ2) is 8.93. The Kier molecular flexibility index (Phi) is 7.11. The number of hydrogen-bond donors (Lipinski definition) is 1. The minimum atomic E-state index is -3.86. The van der Waals surface area contributed by atoms with Gasteiger partial charge in [0.25, 0.3) is 0 Å². The summed E-state index contributed by atoms with van der Waals surface area (Å²) in [4.78, 5) is 12.5. The van der Waals surface area contributed by atoms with E-state index in [-0.39, 0.29) is 33.7 Å². The topological polar surface area (TPSA) is 75.7 Å². The summed E-state index contributed by atoms with van der Waals surface area (Å²) >= 11 is 12.1. The van der Waals surface area contributed by atoms with Crippen molar-refractivity contribution in [3.8, 4) is 5.75 Å². The van der Waals surface area contributed by atoms with Crippen molar-refractivity contribution < 1.29 is 17.9 Å². The molecule has 1 amide bonds. The van der Waals surface area contributed by atoms with Gasteiger partial charge in [-0.15, -0.1) is 0 Å². The number of carbonyl (C=O) groups excluding carboxylic acids is 1. The highest BCUT2D eigenvalue weighted by atomic mass is 35.5. The van der Waals surface area contributed by atoms with Gasteiger partial charge in [0.1, 0.15) is 5.75 Å². The number of sulfonamides is 1. The summed E-state index contributed by atoms with van der Waals surface area (Å²) in [6, 6.07) is 9.36. The van der Waals surface area contributed by atoms with Crippen LogP contribution in [0.2, 0.25) is 10.0 Å². The van der Waals surface area contributed by atoms with E-state index in [1.54, 1.807) is 38.1 Å². The maximum absolute atomic E-state index is 12.9. The molecule has 27 heavy (non-hydrogen) atoms. The smallest absolute Gasteiger partial charge is 0.243 e. The summed E-state index contributed by atoms with van der Waals surface area (Å²) in [7, 11) is -2.34. The summed E-state index contributed by atoms with van der Waals surface area (Å²) in [6.07, 6.45) is 0. The SMILES string of the molecule is CCN(CC(=O)Nc1c(Cl)cccc1Cl)S(=O)(=O)c1ccc(OC)c(C)c1. The third-order valence-corrected chi connectivity index (χ3v) is 6.45. The van der Waals surface area contributed by atoms with Gasteiger partial charge < -0.3 is 10.1 Å². The van der Waals surface area contributed by atoms with Gasteiger partial charge in [-0.1, -0.05) is 36.2 Å². The van der Waals surface area contributed by atoms with Crippen LogP contribution in [-0.2, 0) is 14.8 Å². The van der Waals surface area contributed by atoms with E-state index in [4.69, 9.17) is 27.9 Å². The number of likely N-dealkylation sites (N-methyl/N-ethyl adjacent to an activating group) is 1. The highest BCUT2D eigenvalue weighted by Gasteiger charge is 2.26. The zero-order chi connectivity index (χ0) is 20.2. The molecule has 0 aliphatic heterocycles. The average molecular weight is 431 g/mol. The Hall–Kier alpha value is -1.80. The van der Waals surface area contributed by atoms with Crippen molar-refractivity contribution in [2.24, 2.45) is 0 Å². The van der Waals surface area contributed by atoms with E-state index < -0.39 is 15.9 Å². The van der Waals surface area contributed by atoms with Crippen molar-refractivity contribution in [3.63, 3.8) is 0 Å². The molecule has 0 fully saturated rings. The standard InChI is InChI=1S/C18H20Cl2N2O4S/c1-4-22(11-17(23)21-18-14(19)6-5-7-15(18)20)27(24,25)13-8-9-16(26-3)12(2)10-13/h5-10H,4,11H2,1-3H3,(H,21,23). The minimum absolute atomic E-state index is 0.0891. The molecule has 2 rings (SSSR count). The molecule has 0 unspecified atom stereocenters. The Morgan fingerprint density at radius 1 is 1.19 bits per heavy atom. The van der Waals surface area contributed by atoms with E-state index in [0.717, 1.165) is 4.31 Å². The molecule has 0 saturated heterocycles. The molecule has 0 aromatic heterocycles. The molecule has 0 bridgehead atoms. The molecule has 2 aromatic rings. The third kappa shape index (κ3) is 4.93. The molecule has 6 nitrogen and oxygen atoms in total. The van der Waals surface area contributed by atoms with Gasteiger partial charge in [0, 0.05) is 6.54 Å². The molecule has 0 atom stereocenters. The lowest BCUT2D eigenvalue weighted by atomic mass is 10.2. The highest BCUT2D eigenvalue weighted by Crippen LogP contribution is 2.30. The Morgan fingerprint density at radius 2 is 1.81 bits per heavy atom. The van der Waals surface area contributed by atoms with Crippen molar-refractivity contribution in [2.45, 2.75) is 18.7 Å². The molecule has 0 aliphatic carbocycles. The largest absolute Gasteiger partial charge is 0.496 e. The van der Waals surface area contributed by atoms with Crippen LogP contribution in [0.1, 0.15) is 12.5 Å². The molecular weight excluding hydrogens is 411 g/mol. The van der Waals surface area contributed by atoms with Crippen LogP contribution in [0.5, 0.6) is 5.75 Å². The molecule has 0 saturated carbocycles. The first kappa shape index (κ1) is 21.5. The molecular formula is C18H20Cl2N2O4S. The number of hydrogen-bond acceptors (Lipinski definition) is 4. The summed E-state index contributed by atoms with van der Waals surface area (Å²) in [5, 5.41) is 3.11. The number of methoxy groups -OCH3 is 1. The minimum Gasteiger partial charge on any atom is -0.496 e. The fourth-order valence-corrected chi connectivity index (χ4v) is 4.47. The predicted molar refractivity (Wildman–Crippen MR) is 107 cm³/mol. The van der Waals surface area contributed by atoms with E-state index >= 15 is 0 Å². The van der Waals surface area contributed by atoms with Crippen molar-refractivity contribution in [1.82, 2.24) is 4.31 Å².